The first-order valence-electron chi connectivity index (χ1n) is 18.3. The lowest BCUT2D eigenvalue weighted by molar-refractivity contribution is -0.275. The molecule has 1 N–H and O–H groups in total. The Morgan fingerprint density at radius 3 is 1.65 bits per heavy atom. The van der Waals surface area contributed by atoms with Crippen LogP contribution >= 0.6 is 11.6 Å². The Hall–Kier alpha value is -4.87. The molecule has 1 fully saturated rings. The fraction of sp³-hybridized carbons (Fsp3) is 0.289. The van der Waals surface area contributed by atoms with Crippen molar-refractivity contribution in [3.63, 3.8) is 0 Å². The number of rotatable bonds is 18. The second-order valence-corrected chi connectivity index (χ2v) is 13.7. The van der Waals surface area contributed by atoms with Gasteiger partial charge in [-0.15, -0.1) is 0 Å². The van der Waals surface area contributed by atoms with Crippen LogP contribution in [0.4, 0.5) is 0 Å². The Morgan fingerprint density at radius 2 is 1.13 bits per heavy atom. The average Bonchev–Trinajstić information content (AvgIpc) is 3.23. The second kappa shape index (κ2) is 20.7. The van der Waals surface area contributed by atoms with Gasteiger partial charge in [0.2, 0.25) is 5.91 Å². The molecule has 0 spiro atoms. The maximum atomic E-state index is 12.9. The molecular weight excluding hydrogens is 718 g/mol. The molecule has 286 valence electrons. The van der Waals surface area contributed by atoms with Crippen molar-refractivity contribution in [2.24, 2.45) is 0 Å². The van der Waals surface area contributed by atoms with E-state index in [1.165, 1.54) is 7.11 Å². The van der Waals surface area contributed by atoms with E-state index >= 15 is 0 Å². The SMILES string of the molecule is COC(=O)CNC(=O)Cc1cc(C2OC(COCc3ccccc3)C(OCc3ccccc3)C(OCc3ccccc3)C2OCc2ccccc2)ccc1Cl. The van der Waals surface area contributed by atoms with Crippen LogP contribution in [0.15, 0.2) is 140 Å². The highest BCUT2D eigenvalue weighted by Gasteiger charge is 2.49. The van der Waals surface area contributed by atoms with Gasteiger partial charge < -0.3 is 33.7 Å². The van der Waals surface area contributed by atoms with Crippen LogP contribution in [0.1, 0.15) is 39.5 Å². The van der Waals surface area contributed by atoms with E-state index in [0.717, 1.165) is 27.8 Å². The largest absolute Gasteiger partial charge is 0.468 e. The summed E-state index contributed by atoms with van der Waals surface area (Å²) in [5.74, 6) is -0.926. The third-order valence-electron chi connectivity index (χ3n) is 9.29. The van der Waals surface area contributed by atoms with Crippen LogP contribution in [0.5, 0.6) is 0 Å². The van der Waals surface area contributed by atoms with E-state index in [1.54, 1.807) is 6.07 Å². The summed E-state index contributed by atoms with van der Waals surface area (Å²) >= 11 is 6.66. The molecule has 10 heteroatoms. The number of esters is 1. The van der Waals surface area contributed by atoms with E-state index in [4.69, 9.17) is 35.3 Å². The molecule has 6 rings (SSSR count). The van der Waals surface area contributed by atoms with Crippen LogP contribution in [-0.4, -0.2) is 56.6 Å². The third-order valence-corrected chi connectivity index (χ3v) is 9.66. The molecule has 9 nitrogen and oxygen atoms in total. The van der Waals surface area contributed by atoms with Crippen LogP contribution in [0.25, 0.3) is 0 Å². The molecule has 0 radical (unpaired) electrons. The molecule has 5 unspecified atom stereocenters. The number of halogens is 1. The molecule has 5 atom stereocenters. The molecule has 55 heavy (non-hydrogen) atoms. The standard InChI is InChI=1S/C45H46ClNO8/c1-50-41(49)26-47-40(48)25-37-24-36(22-23-38(37)46)42-44(53-29-34-18-10-4-11-19-34)45(54-30-35-20-12-5-13-21-35)43(52-28-33-16-8-3-9-17-33)39(55-42)31-51-27-32-14-6-2-7-15-32/h2-24,39,42-45H,25-31H2,1H3,(H,47,48). The summed E-state index contributed by atoms with van der Waals surface area (Å²) in [6.45, 7) is 1.25. The van der Waals surface area contributed by atoms with E-state index in [9.17, 15) is 9.59 Å². The van der Waals surface area contributed by atoms with Gasteiger partial charge in [0.05, 0.1) is 46.6 Å². The molecule has 0 bridgehead atoms. The first kappa shape index (κ1) is 39.8. The highest BCUT2D eigenvalue weighted by molar-refractivity contribution is 6.31. The lowest BCUT2D eigenvalue weighted by Gasteiger charge is -2.46. The van der Waals surface area contributed by atoms with Gasteiger partial charge in [0.25, 0.3) is 0 Å². The zero-order valence-electron chi connectivity index (χ0n) is 30.8. The molecule has 5 aromatic rings. The van der Waals surface area contributed by atoms with Crippen molar-refractivity contribution >= 4 is 23.5 Å². The Kier molecular flexibility index (Phi) is 15.0. The van der Waals surface area contributed by atoms with E-state index < -0.39 is 36.5 Å². The molecule has 1 heterocycles. The Balaban J connectivity index is 1.36. The van der Waals surface area contributed by atoms with Crippen LogP contribution < -0.4 is 5.32 Å². The molecule has 5 aromatic carbocycles. The van der Waals surface area contributed by atoms with Gasteiger partial charge in [0.15, 0.2) is 0 Å². The quantitative estimate of drug-likeness (QED) is 0.0913. The minimum absolute atomic E-state index is 0.0632. The topological polar surface area (TPSA) is 102 Å². The van der Waals surface area contributed by atoms with E-state index in [1.807, 2.05) is 133 Å². The van der Waals surface area contributed by atoms with E-state index in [2.05, 4.69) is 10.1 Å². The van der Waals surface area contributed by atoms with Crippen LogP contribution in [0.2, 0.25) is 5.02 Å². The van der Waals surface area contributed by atoms with E-state index in [-0.39, 0.29) is 32.1 Å². The van der Waals surface area contributed by atoms with Crippen molar-refractivity contribution in [2.75, 3.05) is 20.3 Å². The summed E-state index contributed by atoms with van der Waals surface area (Å²) in [4.78, 5) is 24.6. The normalized spacial score (nSPS) is 19.4. The number of carbonyl (C=O) groups is 2. The Labute approximate surface area is 327 Å². The maximum absolute atomic E-state index is 12.9. The van der Waals surface area contributed by atoms with Gasteiger partial charge in [0, 0.05) is 5.02 Å². The smallest absolute Gasteiger partial charge is 0.325 e. The number of benzene rings is 5. The lowest BCUT2D eigenvalue weighted by atomic mass is 9.89. The number of ether oxygens (including phenoxy) is 6. The van der Waals surface area contributed by atoms with E-state index in [0.29, 0.717) is 30.4 Å². The van der Waals surface area contributed by atoms with Crippen molar-refractivity contribution in [3.8, 4) is 0 Å². The fourth-order valence-corrected chi connectivity index (χ4v) is 6.63. The summed E-state index contributed by atoms with van der Waals surface area (Å²) in [6, 6.07) is 45.3. The monoisotopic (exact) mass is 763 g/mol. The first-order chi connectivity index (χ1) is 27.0. The summed E-state index contributed by atoms with van der Waals surface area (Å²) in [7, 11) is 1.27. The van der Waals surface area contributed by atoms with Gasteiger partial charge in [-0.25, -0.2) is 0 Å². The molecule has 1 aliphatic heterocycles. The highest BCUT2D eigenvalue weighted by Crippen LogP contribution is 2.39. The summed E-state index contributed by atoms with van der Waals surface area (Å²) in [6.07, 6.45) is -3.23. The number of hydrogen-bond acceptors (Lipinski definition) is 8. The number of nitrogens with one attached hydrogen (secondary N) is 1. The van der Waals surface area contributed by atoms with Crippen LogP contribution in [0.3, 0.4) is 0 Å². The van der Waals surface area contributed by atoms with Crippen molar-refractivity contribution in [3.05, 3.63) is 178 Å². The zero-order valence-corrected chi connectivity index (χ0v) is 31.5. The van der Waals surface area contributed by atoms with Gasteiger partial charge in [-0.2, -0.15) is 0 Å². The van der Waals surface area contributed by atoms with Crippen LogP contribution in [0, 0.1) is 0 Å². The average molecular weight is 764 g/mol. The minimum atomic E-state index is -0.680. The third kappa shape index (κ3) is 11.8. The Bertz CT molecular complexity index is 1920. The Morgan fingerprint density at radius 1 is 0.636 bits per heavy atom. The first-order valence-corrected chi connectivity index (χ1v) is 18.7. The van der Waals surface area contributed by atoms with Gasteiger partial charge in [-0.1, -0.05) is 145 Å². The summed E-state index contributed by atoms with van der Waals surface area (Å²) < 4.78 is 38.5. The predicted molar refractivity (Wildman–Crippen MR) is 209 cm³/mol. The predicted octanol–water partition coefficient (Wildman–Crippen LogP) is 7.58. The number of methoxy groups -OCH3 is 1. The zero-order chi connectivity index (χ0) is 38.2. The maximum Gasteiger partial charge on any atom is 0.325 e. The number of carbonyl (C=O) groups excluding carboxylic acids is 2. The number of amides is 1. The molecule has 1 aliphatic rings. The van der Waals surface area contributed by atoms with Gasteiger partial charge in [0.1, 0.15) is 37.1 Å². The highest BCUT2D eigenvalue weighted by atomic mass is 35.5. The van der Waals surface area contributed by atoms with Gasteiger partial charge >= 0.3 is 5.97 Å². The molecule has 1 saturated heterocycles. The summed E-state index contributed by atoms with van der Waals surface area (Å²) in [5.41, 5.74) is 5.32. The van der Waals surface area contributed by atoms with Crippen LogP contribution in [-0.2, 0) is 70.9 Å². The molecule has 0 saturated carbocycles. The molecule has 0 aliphatic carbocycles. The molecular formula is C45H46ClNO8. The second-order valence-electron chi connectivity index (χ2n) is 13.3. The molecule has 1 amide bonds. The van der Waals surface area contributed by atoms with Crippen molar-refractivity contribution in [1.82, 2.24) is 5.32 Å². The van der Waals surface area contributed by atoms with Crippen molar-refractivity contribution < 1.29 is 38.0 Å². The van der Waals surface area contributed by atoms with Crippen molar-refractivity contribution in [1.29, 1.82) is 0 Å². The summed E-state index contributed by atoms with van der Waals surface area (Å²) in [5, 5.41) is 2.99. The number of hydrogen-bond donors (Lipinski definition) is 1. The lowest BCUT2D eigenvalue weighted by Crippen LogP contribution is -2.58. The minimum Gasteiger partial charge on any atom is -0.468 e. The molecule has 0 aromatic heterocycles. The van der Waals surface area contributed by atoms with Gasteiger partial charge in [-0.3, -0.25) is 9.59 Å². The van der Waals surface area contributed by atoms with Gasteiger partial charge in [-0.05, 0) is 39.4 Å². The van der Waals surface area contributed by atoms with Crippen molar-refractivity contribution in [2.45, 2.75) is 63.4 Å². The fourth-order valence-electron chi connectivity index (χ4n) is 6.44.